The highest BCUT2D eigenvalue weighted by molar-refractivity contribution is 5.62. The molecule has 2 aliphatic carbocycles. The maximum atomic E-state index is 5.11. The predicted molar refractivity (Wildman–Crippen MR) is 99.5 cm³/mol. The second-order valence-electron chi connectivity index (χ2n) is 8.03. The van der Waals surface area contributed by atoms with Gasteiger partial charge in [-0.2, -0.15) is 0 Å². The topological polar surface area (TPSA) is 41.9 Å². The average Bonchev–Trinajstić information content (AvgIpc) is 3.27. The Hall–Kier alpha value is -1.97. The van der Waals surface area contributed by atoms with E-state index in [1.165, 1.54) is 49.2 Å². The molecule has 3 atom stereocenters. The van der Waals surface area contributed by atoms with Gasteiger partial charge in [0, 0.05) is 41.8 Å². The van der Waals surface area contributed by atoms with Crippen LogP contribution in [0, 0.1) is 11.8 Å². The van der Waals surface area contributed by atoms with Crippen LogP contribution in [0.2, 0.25) is 0 Å². The third-order valence-corrected chi connectivity index (χ3v) is 6.52. The molecule has 1 saturated carbocycles. The standard InChI is InChI=1S/C21H26N4/c1-14-13-25(19-8-3-2-5-16(14)19)21-17-6-4-7-18(17)23-20(24-21)15-9-11-22-12-10-15/h9-12,14,16,19H,2-8,13H2,1H3. The summed E-state index contributed by atoms with van der Waals surface area (Å²) in [5, 5.41) is 0. The fraction of sp³-hybridized carbons (Fsp3) is 0.571. The van der Waals surface area contributed by atoms with Crippen molar-refractivity contribution in [2.75, 3.05) is 11.4 Å². The van der Waals surface area contributed by atoms with E-state index in [-0.39, 0.29) is 0 Å². The first-order valence-corrected chi connectivity index (χ1v) is 9.88. The Kier molecular flexibility index (Phi) is 3.72. The van der Waals surface area contributed by atoms with Crippen LogP contribution in [0.1, 0.15) is 50.3 Å². The summed E-state index contributed by atoms with van der Waals surface area (Å²) in [6, 6.07) is 4.74. The Labute approximate surface area is 149 Å². The van der Waals surface area contributed by atoms with Crippen LogP contribution in [0.3, 0.4) is 0 Å². The van der Waals surface area contributed by atoms with Gasteiger partial charge in [0.25, 0.3) is 0 Å². The van der Waals surface area contributed by atoms with E-state index in [4.69, 9.17) is 9.97 Å². The summed E-state index contributed by atoms with van der Waals surface area (Å²) < 4.78 is 0. The molecule has 4 nitrogen and oxygen atoms in total. The summed E-state index contributed by atoms with van der Waals surface area (Å²) in [5.41, 5.74) is 3.79. The van der Waals surface area contributed by atoms with Crippen LogP contribution in [0.25, 0.3) is 11.4 Å². The van der Waals surface area contributed by atoms with Crippen molar-refractivity contribution in [2.45, 2.75) is 57.9 Å². The molecular formula is C21H26N4. The van der Waals surface area contributed by atoms with Gasteiger partial charge in [0.15, 0.2) is 5.82 Å². The fourth-order valence-electron chi connectivity index (χ4n) is 5.30. The molecule has 3 unspecified atom stereocenters. The van der Waals surface area contributed by atoms with Crippen molar-refractivity contribution in [1.82, 2.24) is 15.0 Å². The molecule has 25 heavy (non-hydrogen) atoms. The molecule has 2 aromatic rings. The molecule has 0 radical (unpaired) electrons. The molecule has 0 N–H and O–H groups in total. The lowest BCUT2D eigenvalue weighted by molar-refractivity contribution is 0.293. The van der Waals surface area contributed by atoms with Crippen LogP contribution in [-0.2, 0) is 12.8 Å². The van der Waals surface area contributed by atoms with Crippen molar-refractivity contribution >= 4 is 5.82 Å². The largest absolute Gasteiger partial charge is 0.353 e. The smallest absolute Gasteiger partial charge is 0.161 e. The van der Waals surface area contributed by atoms with Gasteiger partial charge in [0.05, 0.1) is 0 Å². The molecule has 0 amide bonds. The van der Waals surface area contributed by atoms with Gasteiger partial charge in [-0.15, -0.1) is 0 Å². The number of hydrogen-bond donors (Lipinski definition) is 0. The number of aromatic nitrogens is 3. The van der Waals surface area contributed by atoms with Crippen LogP contribution in [-0.4, -0.2) is 27.5 Å². The Morgan fingerprint density at radius 3 is 2.72 bits per heavy atom. The minimum atomic E-state index is 0.689. The number of nitrogens with zero attached hydrogens (tertiary/aromatic N) is 4. The van der Waals surface area contributed by atoms with Gasteiger partial charge in [-0.3, -0.25) is 4.98 Å². The van der Waals surface area contributed by atoms with Crippen molar-refractivity contribution in [2.24, 2.45) is 11.8 Å². The first kappa shape index (κ1) is 15.3. The van der Waals surface area contributed by atoms with Gasteiger partial charge in [-0.25, -0.2) is 9.97 Å². The molecule has 2 aromatic heterocycles. The lowest BCUT2D eigenvalue weighted by atomic mass is 9.80. The van der Waals surface area contributed by atoms with E-state index in [1.54, 1.807) is 0 Å². The van der Waals surface area contributed by atoms with Crippen LogP contribution < -0.4 is 4.90 Å². The third-order valence-electron chi connectivity index (χ3n) is 6.52. The van der Waals surface area contributed by atoms with Crippen LogP contribution >= 0.6 is 0 Å². The zero-order valence-electron chi connectivity index (χ0n) is 15.0. The summed E-state index contributed by atoms with van der Waals surface area (Å²) in [6.07, 6.45) is 12.6. The molecule has 0 aromatic carbocycles. The molecule has 1 saturated heterocycles. The number of aryl methyl sites for hydroxylation is 1. The normalized spacial score (nSPS) is 28.0. The van der Waals surface area contributed by atoms with Crippen LogP contribution in [0.4, 0.5) is 5.82 Å². The minimum Gasteiger partial charge on any atom is -0.353 e. The summed E-state index contributed by atoms with van der Waals surface area (Å²) in [7, 11) is 0. The van der Waals surface area contributed by atoms with Gasteiger partial charge >= 0.3 is 0 Å². The predicted octanol–water partition coefficient (Wildman–Crippen LogP) is 4.04. The second kappa shape index (κ2) is 6.08. The van der Waals surface area contributed by atoms with Crippen molar-refractivity contribution in [3.8, 4) is 11.4 Å². The molecule has 3 heterocycles. The molecule has 0 spiro atoms. The van der Waals surface area contributed by atoms with E-state index in [1.807, 2.05) is 24.5 Å². The minimum absolute atomic E-state index is 0.689. The number of rotatable bonds is 2. The zero-order chi connectivity index (χ0) is 16.8. The van der Waals surface area contributed by atoms with Gasteiger partial charge < -0.3 is 4.90 Å². The summed E-state index contributed by atoms with van der Waals surface area (Å²) >= 11 is 0. The monoisotopic (exact) mass is 334 g/mol. The summed E-state index contributed by atoms with van der Waals surface area (Å²) in [5.74, 6) is 3.76. The zero-order valence-corrected chi connectivity index (χ0v) is 15.0. The van der Waals surface area contributed by atoms with E-state index >= 15 is 0 Å². The highest BCUT2D eigenvalue weighted by Gasteiger charge is 2.42. The summed E-state index contributed by atoms with van der Waals surface area (Å²) in [6.45, 7) is 3.60. The number of hydrogen-bond acceptors (Lipinski definition) is 4. The molecule has 4 heteroatoms. The lowest BCUT2D eigenvalue weighted by Gasteiger charge is -2.33. The maximum Gasteiger partial charge on any atom is 0.161 e. The van der Waals surface area contributed by atoms with Crippen LogP contribution in [0.5, 0.6) is 0 Å². The van der Waals surface area contributed by atoms with E-state index in [0.29, 0.717) is 6.04 Å². The van der Waals surface area contributed by atoms with E-state index in [2.05, 4.69) is 16.8 Å². The fourth-order valence-corrected chi connectivity index (χ4v) is 5.30. The Morgan fingerprint density at radius 2 is 1.84 bits per heavy atom. The van der Waals surface area contributed by atoms with Crippen LogP contribution in [0.15, 0.2) is 24.5 Å². The van der Waals surface area contributed by atoms with E-state index < -0.39 is 0 Å². The highest BCUT2D eigenvalue weighted by atomic mass is 15.3. The van der Waals surface area contributed by atoms with Crippen molar-refractivity contribution in [3.05, 3.63) is 35.8 Å². The number of fused-ring (bicyclic) bond motifs is 2. The quantitative estimate of drug-likeness (QED) is 0.831. The van der Waals surface area contributed by atoms with Gasteiger partial charge in [-0.1, -0.05) is 19.8 Å². The number of pyridine rings is 1. The van der Waals surface area contributed by atoms with Gasteiger partial charge in [-0.05, 0) is 56.1 Å². The Morgan fingerprint density at radius 1 is 1.00 bits per heavy atom. The first-order chi connectivity index (χ1) is 12.3. The van der Waals surface area contributed by atoms with E-state index in [9.17, 15) is 0 Å². The maximum absolute atomic E-state index is 5.11. The second-order valence-corrected chi connectivity index (χ2v) is 8.03. The van der Waals surface area contributed by atoms with Gasteiger partial charge in [0.1, 0.15) is 5.82 Å². The molecule has 130 valence electrons. The SMILES string of the molecule is CC1CN(c2nc(-c3ccncc3)nc3c2CCC3)C2CCCCC12. The highest BCUT2D eigenvalue weighted by Crippen LogP contribution is 2.43. The van der Waals surface area contributed by atoms with E-state index in [0.717, 1.165) is 42.6 Å². The third kappa shape index (κ3) is 2.54. The van der Waals surface area contributed by atoms with Crippen molar-refractivity contribution in [1.29, 1.82) is 0 Å². The summed E-state index contributed by atoms with van der Waals surface area (Å²) in [4.78, 5) is 16.8. The van der Waals surface area contributed by atoms with Crippen molar-refractivity contribution in [3.63, 3.8) is 0 Å². The Bertz CT molecular complexity index is 773. The lowest BCUT2D eigenvalue weighted by Crippen LogP contribution is -2.36. The molecular weight excluding hydrogens is 308 g/mol. The van der Waals surface area contributed by atoms with Crippen molar-refractivity contribution < 1.29 is 0 Å². The average molecular weight is 334 g/mol. The molecule has 1 aliphatic heterocycles. The Balaban J connectivity index is 1.60. The molecule has 5 rings (SSSR count). The first-order valence-electron chi connectivity index (χ1n) is 9.88. The van der Waals surface area contributed by atoms with Gasteiger partial charge in [0.2, 0.25) is 0 Å². The molecule has 2 fully saturated rings. The number of anilines is 1. The molecule has 3 aliphatic rings. The molecule has 0 bridgehead atoms.